The van der Waals surface area contributed by atoms with Gasteiger partial charge in [-0.15, -0.1) is 0 Å². The van der Waals surface area contributed by atoms with E-state index < -0.39 is 5.41 Å². The van der Waals surface area contributed by atoms with Crippen molar-refractivity contribution in [3.05, 3.63) is 35.8 Å². The van der Waals surface area contributed by atoms with E-state index >= 15 is 0 Å². The van der Waals surface area contributed by atoms with Crippen LogP contribution in [0.4, 0.5) is 0 Å². The number of ether oxygens (including phenoxy) is 2. The fraction of sp³-hybridized carbons (Fsp3) is 0.467. The largest absolute Gasteiger partial charge is 0.431 e. The molecule has 4 heteroatoms. The van der Waals surface area contributed by atoms with Gasteiger partial charge >= 0.3 is 11.9 Å². The summed E-state index contributed by atoms with van der Waals surface area (Å²) in [6.45, 7) is 6.54. The maximum atomic E-state index is 11.2. The van der Waals surface area contributed by atoms with Crippen molar-refractivity contribution in [3.8, 4) is 0 Å². The molecule has 1 aliphatic rings. The average molecular weight is 264 g/mol. The Labute approximate surface area is 113 Å². The molecule has 0 amide bonds. The molecule has 0 aromatic carbocycles. The number of hydrogen-bond donors (Lipinski definition) is 0. The summed E-state index contributed by atoms with van der Waals surface area (Å²) < 4.78 is 10.5. The second kappa shape index (κ2) is 6.36. The Kier molecular flexibility index (Phi) is 5.10. The van der Waals surface area contributed by atoms with Crippen LogP contribution in [0.25, 0.3) is 0 Å². The average Bonchev–Trinajstić information content (AvgIpc) is 2.31. The molecule has 1 aliphatic carbocycles. The Hall–Kier alpha value is -1.84. The molecule has 0 atom stereocenters. The van der Waals surface area contributed by atoms with Crippen molar-refractivity contribution in [2.45, 2.75) is 40.5 Å². The molecule has 104 valence electrons. The minimum atomic E-state index is -0.623. The first-order valence-electron chi connectivity index (χ1n) is 6.29. The highest BCUT2D eigenvalue weighted by Gasteiger charge is 2.38. The van der Waals surface area contributed by atoms with Crippen LogP contribution in [-0.4, -0.2) is 11.9 Å². The van der Waals surface area contributed by atoms with E-state index in [4.69, 9.17) is 9.47 Å². The Bertz CT molecular complexity index is 423. The monoisotopic (exact) mass is 264 g/mol. The Morgan fingerprint density at radius 1 is 1.21 bits per heavy atom. The van der Waals surface area contributed by atoms with Crippen molar-refractivity contribution >= 4 is 11.9 Å². The lowest BCUT2D eigenvalue weighted by molar-refractivity contribution is -0.140. The Morgan fingerprint density at radius 2 is 1.68 bits per heavy atom. The molecule has 1 rings (SSSR count). The fourth-order valence-corrected chi connectivity index (χ4v) is 2.02. The number of allylic oxidation sites excluding steroid dienone is 4. The van der Waals surface area contributed by atoms with Crippen LogP contribution in [0, 0.1) is 5.41 Å². The minimum Gasteiger partial charge on any atom is -0.431 e. The molecule has 0 aliphatic heterocycles. The standard InChI is InChI=1S/C15H20O4/c1-5-6-10-15(4)13(18-11(2)16)8-7-9-14(15)19-12(3)17/h5-6,8-9H,7,10H2,1-4H3/b6-5+. The number of esters is 2. The van der Waals surface area contributed by atoms with E-state index in [1.54, 1.807) is 0 Å². The summed E-state index contributed by atoms with van der Waals surface area (Å²) in [7, 11) is 0. The summed E-state index contributed by atoms with van der Waals surface area (Å²) in [4.78, 5) is 22.4. The van der Waals surface area contributed by atoms with E-state index in [0.29, 0.717) is 24.4 Å². The third kappa shape index (κ3) is 3.81. The lowest BCUT2D eigenvalue weighted by Crippen LogP contribution is -2.29. The zero-order chi connectivity index (χ0) is 14.5. The van der Waals surface area contributed by atoms with Gasteiger partial charge in [0.15, 0.2) is 0 Å². The highest BCUT2D eigenvalue weighted by atomic mass is 16.6. The molecule has 0 heterocycles. The number of rotatable bonds is 4. The molecule has 0 aromatic heterocycles. The molecule has 0 bridgehead atoms. The lowest BCUT2D eigenvalue weighted by atomic mass is 9.78. The van der Waals surface area contributed by atoms with Crippen LogP contribution in [-0.2, 0) is 19.1 Å². The summed E-state index contributed by atoms with van der Waals surface area (Å²) in [5.41, 5.74) is -0.623. The SMILES string of the molecule is C/C=C/CC1(C)C(OC(C)=O)=CCC=C1OC(C)=O. The minimum absolute atomic E-state index is 0.373. The van der Waals surface area contributed by atoms with Gasteiger partial charge in [0.05, 0.1) is 5.41 Å². The van der Waals surface area contributed by atoms with E-state index in [1.165, 1.54) is 13.8 Å². The van der Waals surface area contributed by atoms with Gasteiger partial charge in [0.1, 0.15) is 11.5 Å². The maximum Gasteiger partial charge on any atom is 0.307 e. The molecule has 4 nitrogen and oxygen atoms in total. The third-order valence-electron chi connectivity index (χ3n) is 2.96. The van der Waals surface area contributed by atoms with Gasteiger partial charge in [-0.2, -0.15) is 0 Å². The van der Waals surface area contributed by atoms with Gasteiger partial charge in [0.2, 0.25) is 0 Å². The second-order valence-electron chi connectivity index (χ2n) is 4.67. The molecule has 19 heavy (non-hydrogen) atoms. The Morgan fingerprint density at radius 3 is 2.05 bits per heavy atom. The summed E-state index contributed by atoms with van der Waals surface area (Å²) in [5.74, 6) is 0.331. The van der Waals surface area contributed by atoms with Crippen molar-refractivity contribution in [1.82, 2.24) is 0 Å². The first-order chi connectivity index (χ1) is 8.90. The van der Waals surface area contributed by atoms with Crippen LogP contribution in [0.15, 0.2) is 35.8 Å². The smallest absolute Gasteiger partial charge is 0.307 e. The number of hydrogen-bond acceptors (Lipinski definition) is 4. The van der Waals surface area contributed by atoms with Crippen LogP contribution in [0.5, 0.6) is 0 Å². The topological polar surface area (TPSA) is 52.6 Å². The predicted molar refractivity (Wildman–Crippen MR) is 71.9 cm³/mol. The van der Waals surface area contributed by atoms with Gasteiger partial charge in [-0.1, -0.05) is 12.2 Å². The van der Waals surface area contributed by atoms with Crippen LogP contribution in [0.2, 0.25) is 0 Å². The van der Waals surface area contributed by atoms with E-state index in [-0.39, 0.29) is 11.9 Å². The highest BCUT2D eigenvalue weighted by Crippen LogP contribution is 2.43. The lowest BCUT2D eigenvalue weighted by Gasteiger charge is -2.34. The van der Waals surface area contributed by atoms with Crippen LogP contribution in [0.3, 0.4) is 0 Å². The van der Waals surface area contributed by atoms with Gasteiger partial charge in [-0.3, -0.25) is 9.59 Å². The third-order valence-corrected chi connectivity index (χ3v) is 2.96. The molecular formula is C15H20O4. The summed E-state index contributed by atoms with van der Waals surface area (Å²) >= 11 is 0. The molecule has 0 spiro atoms. The normalized spacial score (nSPS) is 17.7. The van der Waals surface area contributed by atoms with E-state index in [1.807, 2.05) is 38.2 Å². The highest BCUT2D eigenvalue weighted by molar-refractivity contribution is 5.69. The van der Waals surface area contributed by atoms with Gasteiger partial charge in [-0.25, -0.2) is 0 Å². The quantitative estimate of drug-likeness (QED) is 0.577. The van der Waals surface area contributed by atoms with Gasteiger partial charge in [-0.05, 0) is 38.8 Å². The van der Waals surface area contributed by atoms with Gasteiger partial charge in [0.25, 0.3) is 0 Å². The van der Waals surface area contributed by atoms with Crippen molar-refractivity contribution < 1.29 is 19.1 Å². The zero-order valence-corrected chi connectivity index (χ0v) is 11.9. The van der Waals surface area contributed by atoms with Crippen LogP contribution in [0.1, 0.15) is 40.5 Å². The first kappa shape index (κ1) is 15.2. The first-order valence-corrected chi connectivity index (χ1v) is 6.29. The van der Waals surface area contributed by atoms with Crippen molar-refractivity contribution in [2.24, 2.45) is 5.41 Å². The molecular weight excluding hydrogens is 244 g/mol. The van der Waals surface area contributed by atoms with Crippen LogP contribution >= 0.6 is 0 Å². The summed E-state index contributed by atoms with van der Waals surface area (Å²) in [6, 6.07) is 0. The molecule has 0 unspecified atom stereocenters. The molecule has 0 saturated heterocycles. The van der Waals surface area contributed by atoms with Gasteiger partial charge in [0, 0.05) is 13.8 Å². The predicted octanol–water partition coefficient (Wildman–Crippen LogP) is 3.26. The molecule has 0 radical (unpaired) electrons. The summed E-state index contributed by atoms with van der Waals surface area (Å²) in [6.07, 6.45) is 8.74. The summed E-state index contributed by atoms with van der Waals surface area (Å²) in [5, 5.41) is 0. The van der Waals surface area contributed by atoms with Crippen molar-refractivity contribution in [1.29, 1.82) is 0 Å². The van der Waals surface area contributed by atoms with Crippen molar-refractivity contribution in [3.63, 3.8) is 0 Å². The van der Waals surface area contributed by atoms with E-state index in [0.717, 1.165) is 0 Å². The zero-order valence-electron chi connectivity index (χ0n) is 11.9. The maximum absolute atomic E-state index is 11.2. The molecule has 0 N–H and O–H groups in total. The number of carbonyl (C=O) groups is 2. The van der Waals surface area contributed by atoms with Crippen LogP contribution < -0.4 is 0 Å². The molecule has 0 saturated carbocycles. The molecule has 0 fully saturated rings. The van der Waals surface area contributed by atoms with Crippen molar-refractivity contribution in [2.75, 3.05) is 0 Å². The van der Waals surface area contributed by atoms with E-state index in [2.05, 4.69) is 0 Å². The van der Waals surface area contributed by atoms with E-state index in [9.17, 15) is 9.59 Å². The van der Waals surface area contributed by atoms with Gasteiger partial charge < -0.3 is 9.47 Å². The number of carbonyl (C=O) groups excluding carboxylic acids is 2. The Balaban J connectivity index is 3.08. The fourth-order valence-electron chi connectivity index (χ4n) is 2.02. The molecule has 0 aromatic rings. The second-order valence-corrected chi connectivity index (χ2v) is 4.67.